The molecule has 5 nitrogen and oxygen atoms in total. The Hall–Kier alpha value is -1.75. The SMILES string of the molecule is C[C@H](NC(=O)O)C(=O)NC1CCCC1c1ccc(Cl)cc1. The molecule has 0 spiro atoms. The highest BCUT2D eigenvalue weighted by Crippen LogP contribution is 2.35. The molecule has 3 N–H and O–H groups in total. The monoisotopic (exact) mass is 310 g/mol. The number of carbonyl (C=O) groups is 2. The van der Waals surface area contributed by atoms with Gasteiger partial charge in [0.05, 0.1) is 0 Å². The molecule has 6 heteroatoms. The Bertz CT molecular complexity index is 518. The van der Waals surface area contributed by atoms with Crippen molar-refractivity contribution < 1.29 is 14.7 Å². The van der Waals surface area contributed by atoms with Crippen LogP contribution in [0.3, 0.4) is 0 Å². The number of hydrogen-bond acceptors (Lipinski definition) is 2. The van der Waals surface area contributed by atoms with Crippen LogP contribution in [0.15, 0.2) is 24.3 Å². The Morgan fingerprint density at radius 3 is 2.57 bits per heavy atom. The van der Waals surface area contributed by atoms with E-state index in [1.54, 1.807) is 0 Å². The molecule has 2 unspecified atom stereocenters. The minimum absolute atomic E-state index is 0.0386. The third-order valence-corrected chi connectivity index (χ3v) is 4.13. The van der Waals surface area contributed by atoms with Crippen molar-refractivity contribution in [3.05, 3.63) is 34.9 Å². The molecule has 1 saturated carbocycles. The van der Waals surface area contributed by atoms with Crippen molar-refractivity contribution in [1.82, 2.24) is 10.6 Å². The summed E-state index contributed by atoms with van der Waals surface area (Å²) >= 11 is 5.90. The molecule has 0 bridgehead atoms. The van der Waals surface area contributed by atoms with Crippen LogP contribution in [0.5, 0.6) is 0 Å². The summed E-state index contributed by atoms with van der Waals surface area (Å²) in [7, 11) is 0. The molecule has 1 aliphatic carbocycles. The maximum Gasteiger partial charge on any atom is 0.405 e. The van der Waals surface area contributed by atoms with Gasteiger partial charge in [0.15, 0.2) is 0 Å². The predicted molar refractivity (Wildman–Crippen MR) is 80.6 cm³/mol. The van der Waals surface area contributed by atoms with Crippen LogP contribution in [0.25, 0.3) is 0 Å². The van der Waals surface area contributed by atoms with Crippen LogP contribution in [0.2, 0.25) is 5.02 Å². The minimum Gasteiger partial charge on any atom is -0.465 e. The Balaban J connectivity index is 2.00. The van der Waals surface area contributed by atoms with E-state index in [-0.39, 0.29) is 17.9 Å². The molecule has 0 saturated heterocycles. The normalized spacial score (nSPS) is 22.6. The van der Waals surface area contributed by atoms with Crippen LogP contribution >= 0.6 is 11.6 Å². The number of carbonyl (C=O) groups excluding carboxylic acids is 1. The van der Waals surface area contributed by atoms with Crippen molar-refractivity contribution in [1.29, 1.82) is 0 Å². The highest BCUT2D eigenvalue weighted by molar-refractivity contribution is 6.30. The van der Waals surface area contributed by atoms with Crippen LogP contribution in [0.4, 0.5) is 4.79 Å². The largest absolute Gasteiger partial charge is 0.465 e. The van der Waals surface area contributed by atoms with Gasteiger partial charge in [-0.25, -0.2) is 4.79 Å². The fourth-order valence-corrected chi connectivity index (χ4v) is 2.93. The summed E-state index contributed by atoms with van der Waals surface area (Å²) in [6, 6.07) is 6.95. The van der Waals surface area contributed by atoms with Gasteiger partial charge in [-0.3, -0.25) is 4.79 Å². The summed E-state index contributed by atoms with van der Waals surface area (Å²) in [6.07, 6.45) is 1.75. The van der Waals surface area contributed by atoms with Crippen molar-refractivity contribution in [2.45, 2.75) is 44.2 Å². The van der Waals surface area contributed by atoms with E-state index in [2.05, 4.69) is 10.6 Å². The molecule has 2 rings (SSSR count). The number of hydrogen-bond donors (Lipinski definition) is 3. The average Bonchev–Trinajstić information content (AvgIpc) is 2.87. The third kappa shape index (κ3) is 4.11. The fraction of sp³-hybridized carbons (Fsp3) is 0.467. The van der Waals surface area contributed by atoms with E-state index in [1.807, 2.05) is 24.3 Å². The second-order valence-corrected chi connectivity index (χ2v) is 5.81. The van der Waals surface area contributed by atoms with Gasteiger partial charge in [-0.2, -0.15) is 0 Å². The topological polar surface area (TPSA) is 78.4 Å². The number of carboxylic acid groups (broad SMARTS) is 1. The second-order valence-electron chi connectivity index (χ2n) is 5.38. The van der Waals surface area contributed by atoms with Gasteiger partial charge in [-0.05, 0) is 37.5 Å². The van der Waals surface area contributed by atoms with Gasteiger partial charge in [0.25, 0.3) is 0 Å². The van der Waals surface area contributed by atoms with Crippen LogP contribution in [0, 0.1) is 0 Å². The molecule has 0 heterocycles. The first-order chi connectivity index (χ1) is 9.97. The van der Waals surface area contributed by atoms with E-state index in [1.165, 1.54) is 6.92 Å². The van der Waals surface area contributed by atoms with Gasteiger partial charge in [-0.15, -0.1) is 0 Å². The first-order valence-electron chi connectivity index (χ1n) is 7.02. The molecule has 1 aliphatic rings. The zero-order valence-corrected chi connectivity index (χ0v) is 12.6. The number of nitrogens with one attached hydrogen (secondary N) is 2. The van der Waals surface area contributed by atoms with Gasteiger partial charge >= 0.3 is 6.09 Å². The van der Waals surface area contributed by atoms with E-state index < -0.39 is 12.1 Å². The standard InChI is InChI=1S/C15H19ClN2O3/c1-9(17-15(20)21)14(19)18-13-4-2-3-12(13)10-5-7-11(16)8-6-10/h5-9,12-13,17H,2-4H2,1H3,(H,18,19)(H,20,21)/t9-,12?,13?/m0/s1. The molecule has 1 fully saturated rings. The quantitative estimate of drug-likeness (QED) is 0.800. The van der Waals surface area contributed by atoms with Crippen LogP contribution in [-0.4, -0.2) is 29.2 Å². The lowest BCUT2D eigenvalue weighted by Gasteiger charge is -2.23. The van der Waals surface area contributed by atoms with Crippen molar-refractivity contribution >= 4 is 23.6 Å². The highest BCUT2D eigenvalue weighted by atomic mass is 35.5. The zero-order valence-electron chi connectivity index (χ0n) is 11.8. The smallest absolute Gasteiger partial charge is 0.405 e. The first-order valence-corrected chi connectivity index (χ1v) is 7.40. The molecule has 0 radical (unpaired) electrons. The lowest BCUT2D eigenvalue weighted by Crippen LogP contribution is -2.48. The summed E-state index contributed by atoms with van der Waals surface area (Å²) < 4.78 is 0. The van der Waals surface area contributed by atoms with Crippen LogP contribution < -0.4 is 10.6 Å². The summed E-state index contributed by atoms with van der Waals surface area (Å²) in [5.41, 5.74) is 1.15. The van der Waals surface area contributed by atoms with Gasteiger partial charge < -0.3 is 15.7 Å². The van der Waals surface area contributed by atoms with E-state index in [4.69, 9.17) is 16.7 Å². The average molecular weight is 311 g/mol. The summed E-state index contributed by atoms with van der Waals surface area (Å²) in [5.74, 6) is -0.0356. The Morgan fingerprint density at radius 2 is 1.95 bits per heavy atom. The van der Waals surface area contributed by atoms with Crippen LogP contribution in [0.1, 0.15) is 37.7 Å². The molecular weight excluding hydrogens is 292 g/mol. The molecule has 2 amide bonds. The van der Waals surface area contributed by atoms with E-state index >= 15 is 0 Å². The second kappa shape index (κ2) is 6.80. The zero-order chi connectivity index (χ0) is 15.4. The van der Waals surface area contributed by atoms with Gasteiger partial charge in [0.1, 0.15) is 6.04 Å². The molecule has 114 valence electrons. The summed E-state index contributed by atoms with van der Waals surface area (Å²) in [6.45, 7) is 1.54. The summed E-state index contributed by atoms with van der Waals surface area (Å²) in [5, 5.41) is 14.5. The third-order valence-electron chi connectivity index (χ3n) is 3.88. The molecule has 3 atom stereocenters. The van der Waals surface area contributed by atoms with Crippen molar-refractivity contribution in [3.63, 3.8) is 0 Å². The molecular formula is C15H19ClN2O3. The maximum atomic E-state index is 12.0. The maximum absolute atomic E-state index is 12.0. The van der Waals surface area contributed by atoms with E-state index in [9.17, 15) is 9.59 Å². The van der Waals surface area contributed by atoms with Gasteiger partial charge in [0, 0.05) is 17.0 Å². The summed E-state index contributed by atoms with van der Waals surface area (Å²) in [4.78, 5) is 22.6. The van der Waals surface area contributed by atoms with Gasteiger partial charge in [-0.1, -0.05) is 30.2 Å². The fourth-order valence-electron chi connectivity index (χ4n) is 2.80. The first kappa shape index (κ1) is 15.6. The molecule has 1 aromatic rings. The van der Waals surface area contributed by atoms with E-state index in [0.717, 1.165) is 24.8 Å². The molecule has 0 aliphatic heterocycles. The van der Waals surface area contributed by atoms with E-state index in [0.29, 0.717) is 5.02 Å². The number of halogens is 1. The number of amides is 2. The van der Waals surface area contributed by atoms with Gasteiger partial charge in [0.2, 0.25) is 5.91 Å². The molecule has 1 aromatic carbocycles. The van der Waals surface area contributed by atoms with Crippen LogP contribution in [-0.2, 0) is 4.79 Å². The molecule has 0 aromatic heterocycles. The van der Waals surface area contributed by atoms with Crippen molar-refractivity contribution in [3.8, 4) is 0 Å². The van der Waals surface area contributed by atoms with Crippen molar-refractivity contribution in [2.24, 2.45) is 0 Å². The Kier molecular flexibility index (Phi) is 5.07. The Morgan fingerprint density at radius 1 is 1.29 bits per heavy atom. The van der Waals surface area contributed by atoms with Crippen molar-refractivity contribution in [2.75, 3.05) is 0 Å². The molecule has 21 heavy (non-hydrogen) atoms. The lowest BCUT2D eigenvalue weighted by molar-refractivity contribution is -0.123. The highest BCUT2D eigenvalue weighted by Gasteiger charge is 2.31. The lowest BCUT2D eigenvalue weighted by atomic mass is 9.94. The minimum atomic E-state index is -1.20. The Labute approximate surface area is 128 Å². The number of benzene rings is 1. The predicted octanol–water partition coefficient (Wildman–Crippen LogP) is 2.75. The number of rotatable bonds is 4.